The SMILES string of the molecule is CCn1nccc1C(C)NCc1ccc2c(c1)CCS2(=O)=O. The van der Waals surface area contributed by atoms with Crippen LogP contribution in [0.1, 0.15) is 36.7 Å². The van der Waals surface area contributed by atoms with E-state index < -0.39 is 9.84 Å². The molecule has 1 N–H and O–H groups in total. The van der Waals surface area contributed by atoms with Gasteiger partial charge in [-0.25, -0.2) is 8.42 Å². The average molecular weight is 319 g/mol. The van der Waals surface area contributed by atoms with Crippen LogP contribution in [0.3, 0.4) is 0 Å². The summed E-state index contributed by atoms with van der Waals surface area (Å²) in [5, 5.41) is 7.76. The van der Waals surface area contributed by atoms with E-state index in [0.717, 1.165) is 23.4 Å². The number of nitrogens with one attached hydrogen (secondary N) is 1. The fourth-order valence-corrected chi connectivity index (χ4v) is 4.49. The average Bonchev–Trinajstić information content (AvgIpc) is 3.09. The van der Waals surface area contributed by atoms with E-state index in [1.165, 1.54) is 0 Å². The molecule has 0 radical (unpaired) electrons. The molecule has 1 aliphatic rings. The molecule has 6 heteroatoms. The Morgan fingerprint density at radius 1 is 1.36 bits per heavy atom. The molecule has 1 aliphatic heterocycles. The summed E-state index contributed by atoms with van der Waals surface area (Å²) in [6, 6.07) is 7.88. The molecule has 1 aromatic carbocycles. The van der Waals surface area contributed by atoms with Gasteiger partial charge in [0.1, 0.15) is 0 Å². The van der Waals surface area contributed by atoms with Crippen molar-refractivity contribution in [1.82, 2.24) is 15.1 Å². The summed E-state index contributed by atoms with van der Waals surface area (Å²) in [7, 11) is -3.03. The molecule has 0 saturated carbocycles. The van der Waals surface area contributed by atoms with Crippen LogP contribution in [0.25, 0.3) is 0 Å². The Morgan fingerprint density at radius 3 is 2.95 bits per heavy atom. The largest absolute Gasteiger partial charge is 0.305 e. The molecule has 1 unspecified atom stereocenters. The molecular formula is C16H21N3O2S. The highest BCUT2D eigenvalue weighted by Gasteiger charge is 2.25. The van der Waals surface area contributed by atoms with Gasteiger partial charge >= 0.3 is 0 Å². The first kappa shape index (κ1) is 15.2. The van der Waals surface area contributed by atoms with Crippen molar-refractivity contribution in [1.29, 1.82) is 0 Å². The molecule has 0 bridgehead atoms. The zero-order chi connectivity index (χ0) is 15.7. The third-order valence-corrected chi connectivity index (χ3v) is 6.02. The number of rotatable bonds is 5. The lowest BCUT2D eigenvalue weighted by Gasteiger charge is -2.15. The highest BCUT2D eigenvalue weighted by molar-refractivity contribution is 7.91. The van der Waals surface area contributed by atoms with E-state index in [1.807, 2.05) is 29.1 Å². The molecular weight excluding hydrogens is 298 g/mol. The summed E-state index contributed by atoms with van der Waals surface area (Å²) >= 11 is 0. The van der Waals surface area contributed by atoms with Gasteiger partial charge in [-0.15, -0.1) is 0 Å². The summed E-state index contributed by atoms with van der Waals surface area (Å²) in [4.78, 5) is 0.508. The van der Waals surface area contributed by atoms with Gasteiger partial charge in [-0.2, -0.15) is 5.10 Å². The fraction of sp³-hybridized carbons (Fsp3) is 0.438. The molecule has 0 fully saturated rings. The summed E-state index contributed by atoms with van der Waals surface area (Å²) < 4.78 is 25.6. The number of sulfone groups is 1. The zero-order valence-corrected chi connectivity index (χ0v) is 13.7. The van der Waals surface area contributed by atoms with Crippen LogP contribution < -0.4 is 5.32 Å². The monoisotopic (exact) mass is 319 g/mol. The molecule has 2 heterocycles. The van der Waals surface area contributed by atoms with E-state index in [4.69, 9.17) is 0 Å². The highest BCUT2D eigenvalue weighted by atomic mass is 32.2. The third-order valence-electron chi connectivity index (χ3n) is 4.21. The minimum atomic E-state index is -3.03. The van der Waals surface area contributed by atoms with Gasteiger partial charge in [0.2, 0.25) is 0 Å². The third kappa shape index (κ3) is 2.80. The maximum absolute atomic E-state index is 11.8. The lowest BCUT2D eigenvalue weighted by Crippen LogP contribution is -2.21. The van der Waals surface area contributed by atoms with Gasteiger partial charge in [0, 0.05) is 25.3 Å². The summed E-state index contributed by atoms with van der Waals surface area (Å²) in [6.07, 6.45) is 2.45. The fourth-order valence-electron chi connectivity index (χ4n) is 2.95. The van der Waals surface area contributed by atoms with Crippen molar-refractivity contribution in [3.63, 3.8) is 0 Å². The molecule has 1 atom stereocenters. The number of nitrogens with zero attached hydrogens (tertiary/aromatic N) is 2. The van der Waals surface area contributed by atoms with Gasteiger partial charge in [-0.3, -0.25) is 4.68 Å². The predicted molar refractivity (Wildman–Crippen MR) is 85.4 cm³/mol. The van der Waals surface area contributed by atoms with Crippen molar-refractivity contribution < 1.29 is 8.42 Å². The van der Waals surface area contributed by atoms with Crippen molar-refractivity contribution in [3.8, 4) is 0 Å². The highest BCUT2D eigenvalue weighted by Crippen LogP contribution is 2.26. The van der Waals surface area contributed by atoms with Crippen LogP contribution in [0, 0.1) is 0 Å². The van der Waals surface area contributed by atoms with Crippen LogP contribution in [0.15, 0.2) is 35.4 Å². The molecule has 22 heavy (non-hydrogen) atoms. The smallest absolute Gasteiger partial charge is 0.178 e. The Labute approximate surface area is 131 Å². The number of hydrogen-bond acceptors (Lipinski definition) is 4. The van der Waals surface area contributed by atoms with Crippen molar-refractivity contribution in [2.45, 2.75) is 44.3 Å². The van der Waals surface area contributed by atoms with Gasteiger partial charge in [0.05, 0.1) is 16.3 Å². The number of aromatic nitrogens is 2. The Morgan fingerprint density at radius 2 is 2.18 bits per heavy atom. The van der Waals surface area contributed by atoms with Crippen LogP contribution in [-0.2, 0) is 29.3 Å². The summed E-state index contributed by atoms with van der Waals surface area (Å²) in [6.45, 7) is 5.75. The Hall–Kier alpha value is -1.66. The maximum Gasteiger partial charge on any atom is 0.178 e. The zero-order valence-electron chi connectivity index (χ0n) is 12.9. The molecule has 3 rings (SSSR count). The van der Waals surface area contributed by atoms with E-state index in [1.54, 1.807) is 6.07 Å². The molecule has 0 aliphatic carbocycles. The minimum absolute atomic E-state index is 0.194. The second-order valence-corrected chi connectivity index (χ2v) is 7.76. The number of aryl methyl sites for hydroxylation is 2. The Bertz CT molecular complexity index is 780. The summed E-state index contributed by atoms with van der Waals surface area (Å²) in [5.41, 5.74) is 3.22. The van der Waals surface area contributed by atoms with Crippen molar-refractivity contribution in [2.75, 3.05) is 5.75 Å². The molecule has 0 spiro atoms. The second-order valence-electron chi connectivity index (χ2n) is 5.69. The van der Waals surface area contributed by atoms with E-state index in [-0.39, 0.29) is 11.8 Å². The molecule has 0 saturated heterocycles. The first-order valence-corrected chi connectivity index (χ1v) is 9.26. The predicted octanol–water partition coefficient (Wildman–Crippen LogP) is 2.08. The lowest BCUT2D eigenvalue weighted by atomic mass is 10.1. The molecule has 0 amide bonds. The van der Waals surface area contributed by atoms with Gasteiger partial charge in [-0.05, 0) is 43.5 Å². The van der Waals surface area contributed by atoms with Gasteiger partial charge < -0.3 is 5.32 Å². The minimum Gasteiger partial charge on any atom is -0.305 e. The molecule has 1 aromatic heterocycles. The van der Waals surface area contributed by atoms with Crippen molar-refractivity contribution in [3.05, 3.63) is 47.3 Å². The van der Waals surface area contributed by atoms with Crippen LogP contribution in [-0.4, -0.2) is 24.0 Å². The van der Waals surface area contributed by atoms with Crippen LogP contribution in [0.5, 0.6) is 0 Å². The van der Waals surface area contributed by atoms with E-state index in [0.29, 0.717) is 17.9 Å². The van der Waals surface area contributed by atoms with Crippen molar-refractivity contribution in [2.24, 2.45) is 0 Å². The lowest BCUT2D eigenvalue weighted by molar-refractivity contribution is 0.509. The standard InChI is InChI=1S/C16H21N3O2S/c1-3-19-15(6-8-18-19)12(2)17-11-13-4-5-16-14(10-13)7-9-22(16,20)21/h4-6,8,10,12,17H,3,7,9,11H2,1-2H3. The Kier molecular flexibility index (Phi) is 4.06. The molecule has 5 nitrogen and oxygen atoms in total. The van der Waals surface area contributed by atoms with Gasteiger partial charge in [0.15, 0.2) is 9.84 Å². The van der Waals surface area contributed by atoms with Crippen LogP contribution in [0.2, 0.25) is 0 Å². The number of fused-ring (bicyclic) bond motifs is 1. The number of benzene rings is 1. The maximum atomic E-state index is 11.8. The number of hydrogen-bond donors (Lipinski definition) is 1. The molecule has 2 aromatic rings. The van der Waals surface area contributed by atoms with E-state index in [9.17, 15) is 8.42 Å². The Balaban J connectivity index is 1.70. The molecule has 118 valence electrons. The van der Waals surface area contributed by atoms with Gasteiger partial charge in [-0.1, -0.05) is 12.1 Å². The van der Waals surface area contributed by atoms with Gasteiger partial charge in [0.25, 0.3) is 0 Å². The van der Waals surface area contributed by atoms with E-state index in [2.05, 4.69) is 24.3 Å². The first-order chi connectivity index (χ1) is 10.5. The normalized spacial score (nSPS) is 17.4. The van der Waals surface area contributed by atoms with E-state index >= 15 is 0 Å². The first-order valence-electron chi connectivity index (χ1n) is 7.61. The quantitative estimate of drug-likeness (QED) is 0.916. The van der Waals surface area contributed by atoms with Crippen LogP contribution in [0.4, 0.5) is 0 Å². The summed E-state index contributed by atoms with van der Waals surface area (Å²) in [5.74, 6) is 0.241. The topological polar surface area (TPSA) is 64.0 Å². The van der Waals surface area contributed by atoms with Crippen molar-refractivity contribution >= 4 is 9.84 Å². The second kappa shape index (κ2) is 5.85. The van der Waals surface area contributed by atoms with Crippen LogP contribution >= 0.6 is 0 Å².